The Labute approximate surface area is 99.5 Å². The molecule has 0 saturated carbocycles. The summed E-state index contributed by atoms with van der Waals surface area (Å²) < 4.78 is 5.14. The number of benzene rings is 2. The van der Waals surface area contributed by atoms with Gasteiger partial charge in [-0.3, -0.25) is 0 Å². The van der Waals surface area contributed by atoms with Gasteiger partial charge in [0.25, 0.3) is 0 Å². The predicted molar refractivity (Wildman–Crippen MR) is 67.3 cm³/mol. The molecule has 0 unspecified atom stereocenters. The number of phenols is 1. The maximum Gasteiger partial charge on any atom is 0.181 e. The van der Waals surface area contributed by atoms with Crippen LogP contribution in [0.4, 0.5) is 5.69 Å². The monoisotopic (exact) mass is 227 g/mol. The van der Waals surface area contributed by atoms with E-state index >= 15 is 0 Å². The molecule has 3 rings (SSSR count). The second-order valence-electron chi connectivity index (χ2n) is 4.20. The molecule has 1 aliphatic carbocycles. The lowest BCUT2D eigenvalue weighted by Crippen LogP contribution is -1.96. The Morgan fingerprint density at radius 3 is 2.76 bits per heavy atom. The molecule has 0 fully saturated rings. The first-order valence-corrected chi connectivity index (χ1v) is 5.49. The summed E-state index contributed by atoms with van der Waals surface area (Å²) >= 11 is 0. The molecule has 0 spiro atoms. The van der Waals surface area contributed by atoms with E-state index in [1.165, 1.54) is 18.2 Å². The zero-order valence-corrected chi connectivity index (χ0v) is 9.53. The second-order valence-corrected chi connectivity index (χ2v) is 4.20. The van der Waals surface area contributed by atoms with Crippen LogP contribution in [0.25, 0.3) is 11.1 Å². The van der Waals surface area contributed by atoms with Crippen LogP contribution < -0.4 is 10.5 Å². The summed E-state index contributed by atoms with van der Waals surface area (Å²) in [4.78, 5) is 0. The normalized spacial score (nSPS) is 12.1. The van der Waals surface area contributed by atoms with E-state index in [0.717, 1.165) is 17.5 Å². The Balaban J connectivity index is 2.30. The molecule has 0 bridgehead atoms. The van der Waals surface area contributed by atoms with Crippen LogP contribution >= 0.6 is 0 Å². The molecule has 2 aromatic rings. The summed E-state index contributed by atoms with van der Waals surface area (Å²) in [5.74, 6) is 0.469. The summed E-state index contributed by atoms with van der Waals surface area (Å²) in [6, 6.07) is 10.0. The number of nitrogen functional groups attached to an aromatic ring is 1. The average Bonchev–Trinajstić information content (AvgIpc) is 2.72. The molecule has 86 valence electrons. The molecule has 0 heterocycles. The smallest absolute Gasteiger partial charge is 0.181 e. The first kappa shape index (κ1) is 10.0. The van der Waals surface area contributed by atoms with Crippen molar-refractivity contribution in [1.29, 1.82) is 0 Å². The third-order valence-corrected chi connectivity index (χ3v) is 3.31. The molecule has 1 aliphatic rings. The standard InChI is InChI=1S/C14H13NO2/c1-17-12-7-10-9-5-3-2-4-8(9)6-11(10)13(15)14(12)16/h2-5,7,16H,6,15H2,1H3. The highest BCUT2D eigenvalue weighted by atomic mass is 16.5. The van der Waals surface area contributed by atoms with Crippen molar-refractivity contribution in [2.45, 2.75) is 6.42 Å². The number of phenolic OH excluding ortho intramolecular Hbond substituents is 1. The van der Waals surface area contributed by atoms with Crippen LogP contribution in [0, 0.1) is 0 Å². The first-order chi connectivity index (χ1) is 8.22. The first-order valence-electron chi connectivity index (χ1n) is 5.49. The van der Waals surface area contributed by atoms with E-state index in [1.807, 2.05) is 18.2 Å². The lowest BCUT2D eigenvalue weighted by Gasteiger charge is -2.11. The third-order valence-electron chi connectivity index (χ3n) is 3.31. The average molecular weight is 227 g/mol. The largest absolute Gasteiger partial charge is 0.503 e. The van der Waals surface area contributed by atoms with Crippen LogP contribution in [0.2, 0.25) is 0 Å². The number of hydrogen-bond donors (Lipinski definition) is 2. The van der Waals surface area contributed by atoms with Gasteiger partial charge in [-0.15, -0.1) is 0 Å². The van der Waals surface area contributed by atoms with Crippen molar-refractivity contribution in [1.82, 2.24) is 0 Å². The van der Waals surface area contributed by atoms with Gasteiger partial charge in [0.15, 0.2) is 11.5 Å². The minimum atomic E-state index is 0.0408. The van der Waals surface area contributed by atoms with Crippen molar-refractivity contribution >= 4 is 5.69 Å². The van der Waals surface area contributed by atoms with E-state index < -0.39 is 0 Å². The van der Waals surface area contributed by atoms with Gasteiger partial charge in [-0.25, -0.2) is 0 Å². The molecule has 3 nitrogen and oxygen atoms in total. The number of fused-ring (bicyclic) bond motifs is 3. The molecule has 0 atom stereocenters. The van der Waals surface area contributed by atoms with Crippen molar-refractivity contribution in [3.63, 3.8) is 0 Å². The summed E-state index contributed by atoms with van der Waals surface area (Å²) in [5, 5.41) is 9.89. The van der Waals surface area contributed by atoms with E-state index in [0.29, 0.717) is 11.4 Å². The van der Waals surface area contributed by atoms with Gasteiger partial charge in [0.2, 0.25) is 0 Å². The van der Waals surface area contributed by atoms with Crippen LogP contribution in [0.5, 0.6) is 11.5 Å². The number of rotatable bonds is 1. The van der Waals surface area contributed by atoms with Crippen molar-refractivity contribution < 1.29 is 9.84 Å². The van der Waals surface area contributed by atoms with E-state index in [-0.39, 0.29) is 5.75 Å². The quantitative estimate of drug-likeness (QED) is 0.496. The Morgan fingerprint density at radius 2 is 2.00 bits per heavy atom. The van der Waals surface area contributed by atoms with E-state index in [2.05, 4.69) is 12.1 Å². The van der Waals surface area contributed by atoms with Crippen molar-refractivity contribution in [2.75, 3.05) is 12.8 Å². The topological polar surface area (TPSA) is 55.5 Å². The van der Waals surface area contributed by atoms with Gasteiger partial charge in [0.1, 0.15) is 0 Å². The van der Waals surface area contributed by atoms with Crippen LogP contribution in [0.1, 0.15) is 11.1 Å². The molecule has 17 heavy (non-hydrogen) atoms. The van der Waals surface area contributed by atoms with Crippen LogP contribution in [-0.2, 0) is 6.42 Å². The van der Waals surface area contributed by atoms with Gasteiger partial charge < -0.3 is 15.6 Å². The molecule has 0 aromatic heterocycles. The minimum Gasteiger partial charge on any atom is -0.503 e. The zero-order valence-electron chi connectivity index (χ0n) is 9.53. The molecule has 0 aliphatic heterocycles. The molecule has 0 radical (unpaired) electrons. The van der Waals surface area contributed by atoms with Gasteiger partial charge >= 0.3 is 0 Å². The fourth-order valence-corrected chi connectivity index (χ4v) is 2.42. The van der Waals surface area contributed by atoms with E-state index in [1.54, 1.807) is 0 Å². The lowest BCUT2D eigenvalue weighted by molar-refractivity contribution is 0.375. The zero-order chi connectivity index (χ0) is 12.0. The summed E-state index contributed by atoms with van der Waals surface area (Å²) in [5.41, 5.74) is 10.9. The van der Waals surface area contributed by atoms with Crippen molar-refractivity contribution in [2.24, 2.45) is 0 Å². The Bertz CT molecular complexity index is 605. The lowest BCUT2D eigenvalue weighted by atomic mass is 10.0. The summed E-state index contributed by atoms with van der Waals surface area (Å²) in [6.45, 7) is 0. The van der Waals surface area contributed by atoms with Crippen molar-refractivity contribution in [3.8, 4) is 22.6 Å². The summed E-state index contributed by atoms with van der Waals surface area (Å²) in [7, 11) is 1.53. The second kappa shape index (κ2) is 3.42. The maximum absolute atomic E-state index is 9.89. The van der Waals surface area contributed by atoms with E-state index in [4.69, 9.17) is 10.5 Å². The van der Waals surface area contributed by atoms with Crippen molar-refractivity contribution in [3.05, 3.63) is 41.5 Å². The highest BCUT2D eigenvalue weighted by Crippen LogP contribution is 2.46. The molecular formula is C14H13NO2. The van der Waals surface area contributed by atoms with Crippen LogP contribution in [-0.4, -0.2) is 12.2 Å². The van der Waals surface area contributed by atoms with Gasteiger partial charge in [-0.05, 0) is 28.3 Å². The Morgan fingerprint density at radius 1 is 1.24 bits per heavy atom. The fourth-order valence-electron chi connectivity index (χ4n) is 2.42. The number of hydrogen-bond acceptors (Lipinski definition) is 3. The number of anilines is 1. The number of ether oxygens (including phenoxy) is 1. The molecule has 0 saturated heterocycles. The Hall–Kier alpha value is -2.16. The molecule has 0 amide bonds. The molecular weight excluding hydrogens is 214 g/mol. The maximum atomic E-state index is 9.89. The number of methoxy groups -OCH3 is 1. The highest BCUT2D eigenvalue weighted by Gasteiger charge is 2.24. The van der Waals surface area contributed by atoms with E-state index in [9.17, 15) is 5.11 Å². The number of aromatic hydroxyl groups is 1. The van der Waals surface area contributed by atoms with Gasteiger partial charge in [-0.1, -0.05) is 24.3 Å². The number of nitrogens with two attached hydrogens (primary N) is 1. The predicted octanol–water partition coefficient (Wildman–Crippen LogP) is 2.55. The van der Waals surface area contributed by atoms with Crippen LogP contribution in [0.3, 0.4) is 0 Å². The summed E-state index contributed by atoms with van der Waals surface area (Å²) in [6.07, 6.45) is 0.773. The fraction of sp³-hybridized carbons (Fsp3) is 0.143. The third kappa shape index (κ3) is 1.29. The van der Waals surface area contributed by atoms with Gasteiger partial charge in [-0.2, -0.15) is 0 Å². The SMILES string of the molecule is COc1cc2c(c(N)c1O)Cc1ccccc1-2. The minimum absolute atomic E-state index is 0.0408. The Kier molecular flexibility index (Phi) is 2.01. The van der Waals surface area contributed by atoms with Crippen LogP contribution in [0.15, 0.2) is 30.3 Å². The van der Waals surface area contributed by atoms with Gasteiger partial charge in [0, 0.05) is 6.42 Å². The van der Waals surface area contributed by atoms with Gasteiger partial charge in [0.05, 0.1) is 12.8 Å². The highest BCUT2D eigenvalue weighted by molar-refractivity contribution is 5.85. The molecule has 2 aromatic carbocycles. The molecule has 3 N–H and O–H groups in total. The molecule has 3 heteroatoms.